The minimum absolute atomic E-state index is 0.0206. The quantitative estimate of drug-likeness (QED) is 0.325. The maximum atomic E-state index is 13.1. The highest BCUT2D eigenvalue weighted by Crippen LogP contribution is 2.30. The molecule has 1 N–H and O–H groups in total. The molecule has 1 aromatic heterocycles. The first-order valence-electron chi connectivity index (χ1n) is 12.8. The lowest BCUT2D eigenvalue weighted by molar-refractivity contribution is 0.0599. The molecule has 1 aliphatic rings. The molecule has 198 valence electrons. The monoisotopic (exact) mass is 523 g/mol. The zero-order valence-corrected chi connectivity index (χ0v) is 21.8. The average molecular weight is 524 g/mol. The lowest BCUT2D eigenvalue weighted by atomic mass is 9.89. The van der Waals surface area contributed by atoms with Crippen molar-refractivity contribution in [3.63, 3.8) is 0 Å². The number of rotatable bonds is 6. The number of hydrogen-bond donors (Lipinski definition) is 1. The van der Waals surface area contributed by atoms with E-state index in [-0.39, 0.29) is 11.8 Å². The van der Waals surface area contributed by atoms with E-state index in [1.165, 1.54) is 19.1 Å². The number of methoxy groups -OCH3 is 1. The minimum Gasteiger partial charge on any atom is -0.465 e. The number of carbonyl (C=O) groups excluding carboxylic acids is 3. The lowest BCUT2D eigenvalue weighted by Crippen LogP contribution is -2.38. The Hall–Kier alpha value is -4.72. The summed E-state index contributed by atoms with van der Waals surface area (Å²) < 4.78 is 10.1. The third-order valence-electron chi connectivity index (χ3n) is 7.14. The van der Waals surface area contributed by atoms with Crippen molar-refractivity contribution in [2.24, 2.45) is 0 Å². The maximum Gasteiger partial charge on any atom is 0.337 e. The van der Waals surface area contributed by atoms with Gasteiger partial charge >= 0.3 is 5.97 Å². The number of carbonyl (C=O) groups is 3. The Morgan fingerprint density at radius 3 is 2.41 bits per heavy atom. The highest BCUT2D eigenvalue weighted by molar-refractivity contribution is 6.05. The van der Waals surface area contributed by atoms with E-state index in [4.69, 9.17) is 9.15 Å². The van der Waals surface area contributed by atoms with Crippen LogP contribution >= 0.6 is 0 Å². The number of aromatic nitrogens is 1. The Labute approximate surface area is 226 Å². The van der Waals surface area contributed by atoms with Gasteiger partial charge in [0.1, 0.15) is 0 Å². The molecule has 8 nitrogen and oxygen atoms in total. The Morgan fingerprint density at radius 1 is 0.974 bits per heavy atom. The third kappa shape index (κ3) is 5.75. The predicted octanol–water partition coefficient (Wildman–Crippen LogP) is 5.71. The summed E-state index contributed by atoms with van der Waals surface area (Å²) in [6, 6.07) is 20.1. The van der Waals surface area contributed by atoms with Crippen LogP contribution in [0.15, 0.2) is 83.7 Å². The summed E-state index contributed by atoms with van der Waals surface area (Å²) in [5, 5.41) is 2.95. The summed E-state index contributed by atoms with van der Waals surface area (Å²) in [6.07, 6.45) is 4.68. The zero-order chi connectivity index (χ0) is 27.4. The molecule has 4 aromatic rings. The molecular weight excluding hydrogens is 494 g/mol. The second-order valence-electron chi connectivity index (χ2n) is 9.61. The van der Waals surface area contributed by atoms with Crippen LogP contribution in [-0.4, -0.2) is 47.9 Å². The normalized spacial score (nSPS) is 13.6. The molecular formula is C31H29N3O5. The summed E-state index contributed by atoms with van der Waals surface area (Å²) >= 11 is 0. The van der Waals surface area contributed by atoms with Gasteiger partial charge in [0, 0.05) is 35.5 Å². The topological polar surface area (TPSA) is 102 Å². The largest absolute Gasteiger partial charge is 0.465 e. The number of anilines is 1. The number of piperidine rings is 1. The van der Waals surface area contributed by atoms with Gasteiger partial charge in [0.15, 0.2) is 12.2 Å². The van der Waals surface area contributed by atoms with Crippen molar-refractivity contribution in [2.75, 3.05) is 25.5 Å². The first-order valence-corrected chi connectivity index (χ1v) is 12.8. The molecule has 1 saturated heterocycles. The second-order valence-corrected chi connectivity index (χ2v) is 9.61. The van der Waals surface area contributed by atoms with Crippen molar-refractivity contribution in [3.8, 4) is 11.3 Å². The predicted molar refractivity (Wildman–Crippen MR) is 147 cm³/mol. The van der Waals surface area contributed by atoms with Gasteiger partial charge in [-0.2, -0.15) is 0 Å². The van der Waals surface area contributed by atoms with E-state index in [1.807, 2.05) is 48.2 Å². The highest BCUT2D eigenvalue weighted by atomic mass is 16.5. The van der Waals surface area contributed by atoms with Crippen molar-refractivity contribution < 1.29 is 23.5 Å². The van der Waals surface area contributed by atoms with Crippen LogP contribution in [0.2, 0.25) is 0 Å². The fourth-order valence-electron chi connectivity index (χ4n) is 4.95. The number of oxazole rings is 1. The van der Waals surface area contributed by atoms with Gasteiger partial charge < -0.3 is 19.4 Å². The minimum atomic E-state index is -0.416. The van der Waals surface area contributed by atoms with E-state index in [0.29, 0.717) is 47.1 Å². The Balaban J connectivity index is 1.17. The van der Waals surface area contributed by atoms with Crippen molar-refractivity contribution in [1.82, 2.24) is 9.88 Å². The SMILES string of the molecule is COC(=O)c1ccc(C(=O)N2CCC(c3ccc(NC(=O)c4cccc(-c5cnco5)c4)cc3)CC2)c(C)c1. The molecule has 0 spiro atoms. The Morgan fingerprint density at radius 2 is 1.74 bits per heavy atom. The van der Waals surface area contributed by atoms with Crippen LogP contribution in [0.25, 0.3) is 11.3 Å². The van der Waals surface area contributed by atoms with E-state index in [1.54, 1.807) is 36.5 Å². The first-order chi connectivity index (χ1) is 18.9. The number of amides is 2. The van der Waals surface area contributed by atoms with Crippen LogP contribution < -0.4 is 5.32 Å². The number of ether oxygens (including phenoxy) is 1. The molecule has 0 bridgehead atoms. The third-order valence-corrected chi connectivity index (χ3v) is 7.14. The second kappa shape index (κ2) is 11.3. The van der Waals surface area contributed by atoms with Gasteiger partial charge in [0.2, 0.25) is 0 Å². The van der Waals surface area contributed by atoms with Crippen molar-refractivity contribution in [1.29, 1.82) is 0 Å². The van der Waals surface area contributed by atoms with Gasteiger partial charge in [-0.1, -0.05) is 24.3 Å². The molecule has 2 amide bonds. The Kier molecular flexibility index (Phi) is 7.54. The number of esters is 1. The van der Waals surface area contributed by atoms with Gasteiger partial charge in [-0.05, 0) is 79.3 Å². The summed E-state index contributed by atoms with van der Waals surface area (Å²) in [7, 11) is 1.34. The van der Waals surface area contributed by atoms with Crippen molar-refractivity contribution in [2.45, 2.75) is 25.7 Å². The van der Waals surface area contributed by atoms with Gasteiger partial charge in [-0.25, -0.2) is 9.78 Å². The molecule has 0 saturated carbocycles. The molecule has 1 fully saturated rings. The van der Waals surface area contributed by atoms with Gasteiger partial charge in [0.05, 0.1) is 18.9 Å². The van der Waals surface area contributed by atoms with E-state index < -0.39 is 5.97 Å². The van der Waals surface area contributed by atoms with Crippen LogP contribution in [0.1, 0.15) is 61.0 Å². The molecule has 8 heteroatoms. The van der Waals surface area contributed by atoms with Gasteiger partial charge in [0.25, 0.3) is 11.8 Å². The van der Waals surface area contributed by atoms with Crippen molar-refractivity contribution >= 4 is 23.5 Å². The molecule has 0 unspecified atom stereocenters. The fourth-order valence-corrected chi connectivity index (χ4v) is 4.95. The number of hydrogen-bond acceptors (Lipinski definition) is 6. The number of nitrogens with zero attached hydrogens (tertiary/aromatic N) is 2. The van der Waals surface area contributed by atoms with E-state index in [9.17, 15) is 14.4 Å². The molecule has 0 aliphatic carbocycles. The molecule has 0 radical (unpaired) electrons. The Bertz CT molecular complexity index is 1490. The summed E-state index contributed by atoms with van der Waals surface area (Å²) in [4.78, 5) is 43.5. The molecule has 1 aliphatic heterocycles. The standard InChI is InChI=1S/C31H29N3O5/c1-20-16-25(31(37)38-2)8-11-27(20)30(36)34-14-12-22(13-15-34)21-6-9-26(10-7-21)33-29(35)24-5-3-4-23(17-24)28-18-32-19-39-28/h3-11,16-19,22H,12-15H2,1-2H3,(H,33,35). The fraction of sp³-hybridized carbons (Fsp3) is 0.226. The number of likely N-dealkylation sites (tertiary alicyclic amines) is 1. The van der Waals surface area contributed by atoms with E-state index in [0.717, 1.165) is 24.0 Å². The number of benzene rings is 3. The van der Waals surface area contributed by atoms with Crippen LogP contribution in [0, 0.1) is 6.92 Å². The summed E-state index contributed by atoms with van der Waals surface area (Å²) in [5.74, 6) is 0.299. The zero-order valence-electron chi connectivity index (χ0n) is 21.8. The molecule has 3 aromatic carbocycles. The van der Waals surface area contributed by atoms with Crippen LogP contribution in [0.3, 0.4) is 0 Å². The molecule has 39 heavy (non-hydrogen) atoms. The van der Waals surface area contributed by atoms with Crippen LogP contribution in [0.5, 0.6) is 0 Å². The smallest absolute Gasteiger partial charge is 0.337 e. The van der Waals surface area contributed by atoms with Crippen LogP contribution in [0.4, 0.5) is 5.69 Å². The molecule has 5 rings (SSSR count). The summed E-state index contributed by atoms with van der Waals surface area (Å²) in [5.41, 5.74) is 5.01. The van der Waals surface area contributed by atoms with Gasteiger partial charge in [-0.15, -0.1) is 0 Å². The maximum absolute atomic E-state index is 13.1. The first kappa shape index (κ1) is 25.9. The van der Waals surface area contributed by atoms with Crippen molar-refractivity contribution in [3.05, 3.63) is 107 Å². The molecule has 0 atom stereocenters. The average Bonchev–Trinajstić information content (AvgIpc) is 3.52. The summed E-state index contributed by atoms with van der Waals surface area (Å²) in [6.45, 7) is 3.14. The lowest BCUT2D eigenvalue weighted by Gasteiger charge is -2.32. The van der Waals surface area contributed by atoms with E-state index >= 15 is 0 Å². The number of nitrogens with one attached hydrogen (secondary N) is 1. The molecule has 2 heterocycles. The van der Waals surface area contributed by atoms with E-state index in [2.05, 4.69) is 10.3 Å². The number of aryl methyl sites for hydroxylation is 1. The van der Waals surface area contributed by atoms with Crippen LogP contribution in [-0.2, 0) is 4.74 Å². The highest BCUT2D eigenvalue weighted by Gasteiger charge is 2.26. The van der Waals surface area contributed by atoms with Gasteiger partial charge in [-0.3, -0.25) is 9.59 Å².